The smallest absolute Gasteiger partial charge is 0.410 e. The molecule has 0 spiro atoms. The molecule has 1 atom stereocenters. The van der Waals surface area contributed by atoms with Crippen molar-refractivity contribution in [3.8, 4) is 0 Å². The molecule has 0 fully saturated rings. The van der Waals surface area contributed by atoms with Gasteiger partial charge in [-0.05, 0) is 67.2 Å². The molecule has 3 rings (SSSR count). The second-order valence-corrected chi connectivity index (χ2v) is 10.7. The van der Waals surface area contributed by atoms with Crippen molar-refractivity contribution in [2.75, 3.05) is 33.5 Å². The lowest BCUT2D eigenvalue weighted by Gasteiger charge is -2.19. The van der Waals surface area contributed by atoms with Gasteiger partial charge in [0.1, 0.15) is 11.5 Å². The fourth-order valence-corrected chi connectivity index (χ4v) is 4.23. The molecule has 0 saturated heterocycles. The minimum absolute atomic E-state index is 0.0179. The molecule has 3 amide bonds. The summed E-state index contributed by atoms with van der Waals surface area (Å²) in [4.78, 5) is 56.2. The molecule has 2 aromatic heterocycles. The number of hydrogen-bond acceptors (Lipinski definition) is 5. The first kappa shape index (κ1) is 31.1. The molecule has 0 bridgehead atoms. The van der Waals surface area contributed by atoms with Gasteiger partial charge < -0.3 is 29.4 Å². The number of halogens is 1. The Balaban J connectivity index is 1.79. The number of carbonyl (C=O) groups is 3. The van der Waals surface area contributed by atoms with Crippen LogP contribution in [0.4, 0.5) is 14.9 Å². The summed E-state index contributed by atoms with van der Waals surface area (Å²) in [6, 6.07) is 7.89. The number of nitrogens with one attached hydrogen (secondary N) is 2. The van der Waals surface area contributed by atoms with Crippen LogP contribution in [0.1, 0.15) is 37.9 Å². The lowest BCUT2D eigenvalue weighted by Crippen LogP contribution is -2.37. The number of benzene rings is 1. The van der Waals surface area contributed by atoms with Gasteiger partial charge in [-0.25, -0.2) is 9.18 Å². The van der Waals surface area contributed by atoms with Gasteiger partial charge in [-0.1, -0.05) is 19.9 Å². The second-order valence-electron chi connectivity index (χ2n) is 10.7. The Labute approximate surface area is 238 Å². The van der Waals surface area contributed by atoms with Crippen LogP contribution < -0.4 is 10.9 Å². The Morgan fingerprint density at radius 3 is 2.51 bits per heavy atom. The molecule has 0 radical (unpaired) electrons. The van der Waals surface area contributed by atoms with E-state index in [2.05, 4.69) is 24.1 Å². The third-order valence-corrected chi connectivity index (χ3v) is 6.27. The third-order valence-electron chi connectivity index (χ3n) is 6.27. The average molecular weight is 568 g/mol. The topological polar surface area (TPSA) is 117 Å². The molecule has 1 aromatic carbocycles. The number of aromatic nitrogens is 2. The molecule has 3 aromatic rings. The number of likely N-dealkylation sites (N-methyl/N-ethyl adjacent to an activating group) is 1. The Kier molecular flexibility index (Phi) is 10.5. The number of fused-ring (bicyclic) bond motifs is 1. The summed E-state index contributed by atoms with van der Waals surface area (Å²) in [5.74, 6) is -0.851. The van der Waals surface area contributed by atoms with E-state index in [-0.39, 0.29) is 36.8 Å². The Morgan fingerprint density at radius 1 is 1.12 bits per heavy atom. The SMILES string of the molecule is CC(C)Cc1cc(F)cc2cc(Cn3cccc(NC(=O)C(CC/C=C/C(=O)N(C)C)OC(=O)N(C)C)c3=O)[nH]c12. The molecule has 0 aliphatic carbocycles. The highest BCUT2D eigenvalue weighted by Crippen LogP contribution is 2.24. The number of nitrogens with zero attached hydrogens (tertiary/aromatic N) is 3. The highest BCUT2D eigenvalue weighted by atomic mass is 19.1. The highest BCUT2D eigenvalue weighted by Gasteiger charge is 2.24. The largest absolute Gasteiger partial charge is 0.436 e. The predicted octanol–water partition coefficient (Wildman–Crippen LogP) is 4.15. The van der Waals surface area contributed by atoms with E-state index in [1.807, 2.05) is 6.07 Å². The van der Waals surface area contributed by atoms with Gasteiger partial charge in [0.05, 0.1) is 6.54 Å². The molecule has 10 nitrogen and oxygen atoms in total. The molecule has 0 saturated carbocycles. The molecule has 0 aliphatic rings. The number of pyridine rings is 1. The number of hydrogen-bond donors (Lipinski definition) is 2. The summed E-state index contributed by atoms with van der Waals surface area (Å²) in [6.45, 7) is 4.30. The Hall–Kier alpha value is -4.41. The summed E-state index contributed by atoms with van der Waals surface area (Å²) >= 11 is 0. The van der Waals surface area contributed by atoms with Gasteiger partial charge in [-0.2, -0.15) is 0 Å². The van der Waals surface area contributed by atoms with Crippen LogP contribution in [-0.2, 0) is 27.3 Å². The average Bonchev–Trinajstić information content (AvgIpc) is 3.29. The number of aromatic amines is 1. The molecule has 2 heterocycles. The summed E-state index contributed by atoms with van der Waals surface area (Å²) in [7, 11) is 6.23. The van der Waals surface area contributed by atoms with E-state index in [9.17, 15) is 23.6 Å². The number of ether oxygens (including phenoxy) is 1. The zero-order valence-corrected chi connectivity index (χ0v) is 24.4. The van der Waals surface area contributed by atoms with Gasteiger partial charge in [0.25, 0.3) is 11.5 Å². The first-order chi connectivity index (χ1) is 19.3. The minimum Gasteiger partial charge on any atom is -0.436 e. The number of H-pyrrole nitrogens is 1. The van der Waals surface area contributed by atoms with Crippen molar-refractivity contribution in [3.05, 3.63) is 76.1 Å². The van der Waals surface area contributed by atoms with E-state index in [1.54, 1.807) is 32.4 Å². The van der Waals surface area contributed by atoms with Crippen LogP contribution in [0.25, 0.3) is 10.9 Å². The molecule has 0 aliphatic heterocycles. The van der Waals surface area contributed by atoms with Crippen LogP contribution >= 0.6 is 0 Å². The van der Waals surface area contributed by atoms with E-state index >= 15 is 0 Å². The van der Waals surface area contributed by atoms with Crippen molar-refractivity contribution >= 4 is 34.5 Å². The molecule has 41 heavy (non-hydrogen) atoms. The summed E-state index contributed by atoms with van der Waals surface area (Å²) in [5, 5.41) is 3.31. The number of allylic oxidation sites excluding steroid dienone is 1. The predicted molar refractivity (Wildman–Crippen MR) is 156 cm³/mol. The Bertz CT molecular complexity index is 1490. The van der Waals surface area contributed by atoms with Gasteiger partial charge in [-0.15, -0.1) is 0 Å². The van der Waals surface area contributed by atoms with Crippen molar-refractivity contribution in [2.45, 2.75) is 45.8 Å². The molecular weight excluding hydrogens is 529 g/mol. The molecular formula is C30H38FN5O5. The number of amides is 3. The summed E-state index contributed by atoms with van der Waals surface area (Å²) in [6.07, 6.45) is 3.76. The first-order valence-corrected chi connectivity index (χ1v) is 13.4. The normalized spacial score (nSPS) is 12.1. The molecule has 1 unspecified atom stereocenters. The van der Waals surface area contributed by atoms with Crippen LogP contribution in [0.3, 0.4) is 0 Å². The van der Waals surface area contributed by atoms with Crippen LogP contribution in [0.2, 0.25) is 0 Å². The van der Waals surface area contributed by atoms with Crippen molar-refractivity contribution in [2.24, 2.45) is 5.92 Å². The maximum Gasteiger partial charge on any atom is 0.410 e. The zero-order chi connectivity index (χ0) is 30.3. The van der Waals surface area contributed by atoms with Crippen LogP contribution in [-0.4, -0.2) is 71.6 Å². The highest BCUT2D eigenvalue weighted by molar-refractivity contribution is 5.95. The molecule has 220 valence electrons. The quantitative estimate of drug-likeness (QED) is 0.338. The van der Waals surface area contributed by atoms with Crippen LogP contribution in [0.15, 0.2) is 53.5 Å². The monoisotopic (exact) mass is 567 g/mol. The lowest BCUT2D eigenvalue weighted by molar-refractivity contribution is -0.125. The van der Waals surface area contributed by atoms with Gasteiger partial charge >= 0.3 is 6.09 Å². The maximum absolute atomic E-state index is 14.2. The van der Waals surface area contributed by atoms with E-state index < -0.39 is 23.7 Å². The summed E-state index contributed by atoms with van der Waals surface area (Å²) in [5.41, 5.74) is 1.97. The fraction of sp³-hybridized carbons (Fsp3) is 0.400. The standard InChI is InChI=1S/C30H38FN5O5/c1-19(2)14-20-15-22(31)16-21-17-23(32-27(20)21)18-36-13-9-10-24(29(36)39)33-28(38)25(41-30(40)35(5)6)11-7-8-12-26(37)34(3)4/h8-10,12-13,15-17,19,25,32H,7,11,14,18H2,1-6H3,(H,33,38)/b12-8+. The van der Waals surface area contributed by atoms with Crippen molar-refractivity contribution in [3.63, 3.8) is 0 Å². The minimum atomic E-state index is -1.19. The number of anilines is 1. The number of carbonyl (C=O) groups excluding carboxylic acids is 3. The molecule has 2 N–H and O–H groups in total. The van der Waals surface area contributed by atoms with E-state index in [1.165, 1.54) is 52.7 Å². The maximum atomic E-state index is 14.2. The van der Waals surface area contributed by atoms with Gasteiger partial charge in [0.2, 0.25) is 5.91 Å². The second kappa shape index (κ2) is 13.8. The fourth-order valence-electron chi connectivity index (χ4n) is 4.23. The summed E-state index contributed by atoms with van der Waals surface area (Å²) < 4.78 is 21.0. The first-order valence-electron chi connectivity index (χ1n) is 13.4. The van der Waals surface area contributed by atoms with Gasteiger partial charge in [0.15, 0.2) is 6.10 Å². The van der Waals surface area contributed by atoms with Gasteiger partial charge in [-0.3, -0.25) is 14.4 Å². The molecule has 11 heteroatoms. The number of rotatable bonds is 11. The van der Waals surface area contributed by atoms with E-state index in [0.717, 1.165) is 16.5 Å². The van der Waals surface area contributed by atoms with E-state index in [4.69, 9.17) is 4.74 Å². The van der Waals surface area contributed by atoms with Crippen molar-refractivity contribution in [1.29, 1.82) is 0 Å². The Morgan fingerprint density at radius 2 is 1.85 bits per heavy atom. The third kappa shape index (κ3) is 8.54. The van der Waals surface area contributed by atoms with Gasteiger partial charge in [0, 0.05) is 51.0 Å². The van der Waals surface area contributed by atoms with E-state index in [0.29, 0.717) is 18.0 Å². The van der Waals surface area contributed by atoms with Crippen molar-refractivity contribution < 1.29 is 23.5 Å². The van der Waals surface area contributed by atoms with Crippen LogP contribution in [0.5, 0.6) is 0 Å². The lowest BCUT2D eigenvalue weighted by atomic mass is 10.0. The van der Waals surface area contributed by atoms with Crippen molar-refractivity contribution in [1.82, 2.24) is 19.4 Å². The zero-order valence-electron chi connectivity index (χ0n) is 24.4. The van der Waals surface area contributed by atoms with Crippen LogP contribution in [0, 0.1) is 11.7 Å².